The molecule has 0 heteroatoms. The zero-order chi connectivity index (χ0) is 10.7. The van der Waals surface area contributed by atoms with Crippen molar-refractivity contribution in [2.45, 2.75) is 46.0 Å². The largest absolute Gasteiger partial charge is 0.0622 e. The van der Waals surface area contributed by atoms with Crippen LogP contribution in [-0.4, -0.2) is 0 Å². The van der Waals surface area contributed by atoms with Crippen LogP contribution in [0.5, 0.6) is 0 Å². The highest BCUT2D eigenvalue weighted by atomic mass is 14.5. The lowest BCUT2D eigenvalue weighted by Crippen LogP contribution is -2.09. The highest BCUT2D eigenvalue weighted by Gasteiger charge is 2.44. The molecule has 0 N–H and O–H groups in total. The molecule has 0 unspecified atom stereocenters. The van der Waals surface area contributed by atoms with E-state index in [0.29, 0.717) is 0 Å². The highest BCUT2D eigenvalue weighted by Crippen LogP contribution is 2.55. The lowest BCUT2D eigenvalue weighted by molar-refractivity contribution is 0.325. The van der Waals surface area contributed by atoms with Gasteiger partial charge in [-0.2, -0.15) is 0 Å². The Morgan fingerprint density at radius 3 is 2.33 bits per heavy atom. The third kappa shape index (κ3) is 2.62. The maximum absolute atomic E-state index is 2.38. The molecule has 1 aromatic rings. The molecular formula is C15H22. The average Bonchev–Trinajstić information content (AvgIpc) is 3.01. The van der Waals surface area contributed by atoms with E-state index < -0.39 is 0 Å². The van der Waals surface area contributed by atoms with Crippen molar-refractivity contribution in [2.24, 2.45) is 11.3 Å². The Balaban J connectivity index is 1.76. The smallest absolute Gasteiger partial charge is 0.0274 e. The van der Waals surface area contributed by atoms with Gasteiger partial charge in [0, 0.05) is 0 Å². The fourth-order valence-electron chi connectivity index (χ4n) is 2.57. The van der Waals surface area contributed by atoms with Gasteiger partial charge in [0.15, 0.2) is 0 Å². The Morgan fingerprint density at radius 1 is 1.13 bits per heavy atom. The van der Waals surface area contributed by atoms with E-state index in [1.807, 2.05) is 0 Å². The van der Waals surface area contributed by atoms with Gasteiger partial charge in [0.2, 0.25) is 0 Å². The molecule has 1 aliphatic rings. The molecule has 0 bridgehead atoms. The second-order valence-electron chi connectivity index (χ2n) is 5.36. The van der Waals surface area contributed by atoms with Crippen molar-refractivity contribution in [2.75, 3.05) is 0 Å². The maximum Gasteiger partial charge on any atom is -0.0274 e. The van der Waals surface area contributed by atoms with Gasteiger partial charge in [-0.1, -0.05) is 44.2 Å². The van der Waals surface area contributed by atoms with Gasteiger partial charge in [0.25, 0.3) is 0 Å². The van der Waals surface area contributed by atoms with Gasteiger partial charge in [-0.25, -0.2) is 0 Å². The Labute approximate surface area is 93.7 Å². The molecule has 0 heterocycles. The molecule has 0 aromatic heterocycles. The molecule has 0 nitrogen and oxygen atoms in total. The zero-order valence-corrected chi connectivity index (χ0v) is 10.00. The Kier molecular flexibility index (Phi) is 3.14. The maximum atomic E-state index is 2.38. The van der Waals surface area contributed by atoms with Crippen LogP contribution in [0.25, 0.3) is 0 Å². The van der Waals surface area contributed by atoms with Gasteiger partial charge >= 0.3 is 0 Å². The van der Waals surface area contributed by atoms with Gasteiger partial charge in [-0.3, -0.25) is 0 Å². The number of benzene rings is 1. The van der Waals surface area contributed by atoms with E-state index in [1.165, 1.54) is 37.7 Å². The highest BCUT2D eigenvalue weighted by molar-refractivity contribution is 5.14. The van der Waals surface area contributed by atoms with Crippen molar-refractivity contribution in [1.82, 2.24) is 0 Å². The molecule has 82 valence electrons. The normalized spacial score (nSPS) is 18.1. The van der Waals surface area contributed by atoms with Crippen LogP contribution in [0, 0.1) is 11.3 Å². The van der Waals surface area contributed by atoms with Crippen LogP contribution in [0.1, 0.15) is 45.1 Å². The number of hydrogen-bond acceptors (Lipinski definition) is 0. The summed E-state index contributed by atoms with van der Waals surface area (Å²) in [6.45, 7) is 4.77. The molecule has 1 aromatic carbocycles. The minimum atomic E-state index is 0.731. The van der Waals surface area contributed by atoms with Crippen molar-refractivity contribution in [3.63, 3.8) is 0 Å². The van der Waals surface area contributed by atoms with Crippen molar-refractivity contribution in [3.8, 4) is 0 Å². The van der Waals surface area contributed by atoms with Crippen LogP contribution in [0.4, 0.5) is 0 Å². The van der Waals surface area contributed by atoms with Crippen LogP contribution in [0.3, 0.4) is 0 Å². The van der Waals surface area contributed by atoms with Crippen LogP contribution >= 0.6 is 0 Å². The average molecular weight is 202 g/mol. The Hall–Kier alpha value is -0.780. The van der Waals surface area contributed by atoms with Gasteiger partial charge < -0.3 is 0 Å². The molecule has 1 fully saturated rings. The monoisotopic (exact) mass is 202 g/mol. The predicted molar refractivity (Wildman–Crippen MR) is 65.9 cm³/mol. The van der Waals surface area contributed by atoms with E-state index in [4.69, 9.17) is 0 Å². The van der Waals surface area contributed by atoms with E-state index in [0.717, 1.165) is 11.3 Å². The van der Waals surface area contributed by atoms with E-state index in [9.17, 15) is 0 Å². The summed E-state index contributed by atoms with van der Waals surface area (Å²) in [6, 6.07) is 10.9. The fourth-order valence-corrected chi connectivity index (χ4v) is 2.57. The first-order valence-corrected chi connectivity index (χ1v) is 6.27. The Morgan fingerprint density at radius 2 is 1.80 bits per heavy atom. The number of aryl methyl sites for hydroxylation is 1. The summed E-state index contributed by atoms with van der Waals surface area (Å²) < 4.78 is 0. The van der Waals surface area contributed by atoms with E-state index in [2.05, 4.69) is 44.2 Å². The summed E-state index contributed by atoms with van der Waals surface area (Å²) in [4.78, 5) is 0. The fraction of sp³-hybridized carbons (Fsp3) is 0.600. The van der Waals surface area contributed by atoms with E-state index in [-0.39, 0.29) is 0 Å². The van der Waals surface area contributed by atoms with Gasteiger partial charge in [0.1, 0.15) is 0 Å². The summed E-state index contributed by atoms with van der Waals surface area (Å²) in [5.41, 5.74) is 2.23. The second kappa shape index (κ2) is 4.38. The Bertz CT molecular complexity index is 293. The van der Waals surface area contributed by atoms with E-state index >= 15 is 0 Å². The third-order valence-corrected chi connectivity index (χ3v) is 4.10. The number of rotatable bonds is 5. The standard InChI is InChI=1S/C15H22/c1-13(2)15(11-12-15)10-6-9-14-7-4-3-5-8-14/h3-5,7-8,13H,6,9-12H2,1-2H3. The molecule has 0 spiro atoms. The minimum Gasteiger partial charge on any atom is -0.0622 e. The van der Waals surface area contributed by atoms with Crippen LogP contribution in [-0.2, 0) is 6.42 Å². The van der Waals surface area contributed by atoms with Crippen molar-refractivity contribution < 1.29 is 0 Å². The van der Waals surface area contributed by atoms with Gasteiger partial charge in [-0.05, 0) is 49.0 Å². The molecule has 0 amide bonds. The van der Waals surface area contributed by atoms with Crippen molar-refractivity contribution >= 4 is 0 Å². The first-order valence-electron chi connectivity index (χ1n) is 6.27. The molecule has 0 aliphatic heterocycles. The quantitative estimate of drug-likeness (QED) is 0.662. The summed E-state index contributed by atoms with van der Waals surface area (Å²) in [5, 5.41) is 0. The molecule has 15 heavy (non-hydrogen) atoms. The molecule has 2 rings (SSSR count). The first-order chi connectivity index (χ1) is 7.23. The topological polar surface area (TPSA) is 0 Å². The molecule has 1 aliphatic carbocycles. The lowest BCUT2D eigenvalue weighted by Gasteiger charge is -2.19. The lowest BCUT2D eigenvalue weighted by atomic mass is 9.87. The van der Waals surface area contributed by atoms with E-state index in [1.54, 1.807) is 0 Å². The molecular weight excluding hydrogens is 180 g/mol. The summed E-state index contributed by atoms with van der Waals surface area (Å²) in [7, 11) is 0. The van der Waals surface area contributed by atoms with Crippen LogP contribution in [0.2, 0.25) is 0 Å². The first kappa shape index (κ1) is 10.7. The zero-order valence-electron chi connectivity index (χ0n) is 10.00. The van der Waals surface area contributed by atoms with Crippen molar-refractivity contribution in [3.05, 3.63) is 35.9 Å². The summed E-state index contributed by atoms with van der Waals surface area (Å²) in [5.74, 6) is 0.883. The molecule has 0 radical (unpaired) electrons. The molecule has 0 atom stereocenters. The van der Waals surface area contributed by atoms with Crippen LogP contribution in [0.15, 0.2) is 30.3 Å². The predicted octanol–water partition coefficient (Wildman–Crippen LogP) is 4.45. The summed E-state index contributed by atoms with van der Waals surface area (Å²) >= 11 is 0. The minimum absolute atomic E-state index is 0.731. The second-order valence-corrected chi connectivity index (χ2v) is 5.36. The SMILES string of the molecule is CC(C)C1(CCCc2ccccc2)CC1. The van der Waals surface area contributed by atoms with Gasteiger partial charge in [-0.15, -0.1) is 0 Å². The van der Waals surface area contributed by atoms with Crippen molar-refractivity contribution in [1.29, 1.82) is 0 Å². The summed E-state index contributed by atoms with van der Waals surface area (Å²) in [6.07, 6.45) is 7.00. The molecule has 0 saturated heterocycles. The number of hydrogen-bond donors (Lipinski definition) is 0. The third-order valence-electron chi connectivity index (χ3n) is 4.10. The van der Waals surface area contributed by atoms with Gasteiger partial charge in [0.05, 0.1) is 0 Å². The molecule has 1 saturated carbocycles. The van der Waals surface area contributed by atoms with Crippen LogP contribution < -0.4 is 0 Å².